The van der Waals surface area contributed by atoms with Crippen LogP contribution in [0.15, 0.2) is 36.5 Å². The van der Waals surface area contributed by atoms with Gasteiger partial charge in [-0.05, 0) is 36.8 Å². The molecular formula is C15H16N4O. The highest BCUT2D eigenvalue weighted by Gasteiger charge is 2.07. The van der Waals surface area contributed by atoms with Crippen molar-refractivity contribution in [3.63, 3.8) is 0 Å². The molecule has 0 saturated heterocycles. The number of nitrogens with zero attached hydrogens (tertiary/aromatic N) is 2. The van der Waals surface area contributed by atoms with Gasteiger partial charge < -0.3 is 15.6 Å². The van der Waals surface area contributed by atoms with Crippen LogP contribution in [-0.4, -0.2) is 10.5 Å². The Morgan fingerprint density at radius 3 is 3.00 bits per heavy atom. The predicted octanol–water partition coefficient (Wildman–Crippen LogP) is 2.28. The molecule has 0 aliphatic heterocycles. The molecule has 1 aromatic heterocycles. The summed E-state index contributed by atoms with van der Waals surface area (Å²) in [5, 5.41) is 11.7. The molecule has 0 atom stereocenters. The fraction of sp³-hybridized carbons (Fsp3) is 0.200. The summed E-state index contributed by atoms with van der Waals surface area (Å²) in [4.78, 5) is 11.9. The fourth-order valence-electron chi connectivity index (χ4n) is 1.92. The molecular weight excluding hydrogens is 252 g/mol. The summed E-state index contributed by atoms with van der Waals surface area (Å²) in [5.41, 5.74) is 8.56. The number of nitrogens with two attached hydrogens (primary N) is 1. The standard InChI is InChI=1S/C15H16N4O/c1-11-4-5-12(17)9-14(11)18-15(20)6-8-19-7-2-3-13(19)10-16/h2-5,7,9H,6,8,17H2,1H3,(H,18,20). The molecule has 3 N–H and O–H groups in total. The molecule has 0 fully saturated rings. The molecule has 0 aliphatic carbocycles. The van der Waals surface area contributed by atoms with Crippen LogP contribution in [0, 0.1) is 18.3 Å². The Labute approximate surface area is 117 Å². The van der Waals surface area contributed by atoms with Crippen molar-refractivity contribution < 1.29 is 4.79 Å². The molecule has 102 valence electrons. The van der Waals surface area contributed by atoms with Gasteiger partial charge in [0, 0.05) is 30.5 Å². The number of nitriles is 1. The molecule has 5 heteroatoms. The first-order chi connectivity index (χ1) is 9.60. The number of amides is 1. The Morgan fingerprint density at radius 1 is 1.45 bits per heavy atom. The van der Waals surface area contributed by atoms with Gasteiger partial charge >= 0.3 is 0 Å². The highest BCUT2D eigenvalue weighted by Crippen LogP contribution is 2.18. The van der Waals surface area contributed by atoms with E-state index in [1.165, 1.54) is 0 Å². The Balaban J connectivity index is 1.96. The highest BCUT2D eigenvalue weighted by atomic mass is 16.1. The number of hydrogen-bond acceptors (Lipinski definition) is 3. The van der Waals surface area contributed by atoms with E-state index in [-0.39, 0.29) is 5.91 Å². The lowest BCUT2D eigenvalue weighted by atomic mass is 10.2. The molecule has 0 aliphatic rings. The van der Waals surface area contributed by atoms with Gasteiger partial charge in [-0.25, -0.2) is 0 Å². The second-order valence-electron chi connectivity index (χ2n) is 4.57. The van der Waals surface area contributed by atoms with Gasteiger partial charge in [-0.2, -0.15) is 5.26 Å². The number of hydrogen-bond donors (Lipinski definition) is 2. The maximum atomic E-state index is 11.9. The van der Waals surface area contributed by atoms with Crippen molar-refractivity contribution >= 4 is 17.3 Å². The van der Waals surface area contributed by atoms with E-state index >= 15 is 0 Å². The number of nitrogen functional groups attached to an aromatic ring is 1. The first kappa shape index (κ1) is 13.7. The maximum absolute atomic E-state index is 11.9. The molecule has 0 unspecified atom stereocenters. The van der Waals surface area contributed by atoms with Crippen LogP contribution in [0.1, 0.15) is 17.7 Å². The Kier molecular flexibility index (Phi) is 4.06. The van der Waals surface area contributed by atoms with E-state index in [1.807, 2.05) is 13.0 Å². The normalized spacial score (nSPS) is 10.0. The Hall–Kier alpha value is -2.74. The molecule has 0 spiro atoms. The average molecular weight is 268 g/mol. The number of carbonyl (C=O) groups is 1. The monoisotopic (exact) mass is 268 g/mol. The van der Waals surface area contributed by atoms with E-state index in [0.29, 0.717) is 24.3 Å². The minimum absolute atomic E-state index is 0.101. The van der Waals surface area contributed by atoms with Gasteiger partial charge in [-0.3, -0.25) is 4.79 Å². The van der Waals surface area contributed by atoms with Gasteiger partial charge in [-0.1, -0.05) is 6.07 Å². The predicted molar refractivity (Wildman–Crippen MR) is 78.0 cm³/mol. The molecule has 2 aromatic rings. The van der Waals surface area contributed by atoms with Crippen LogP contribution in [0.4, 0.5) is 11.4 Å². The van der Waals surface area contributed by atoms with Crippen molar-refractivity contribution in [2.24, 2.45) is 0 Å². The van der Waals surface area contributed by atoms with E-state index in [1.54, 1.807) is 35.0 Å². The number of nitrogens with one attached hydrogen (secondary N) is 1. The number of carbonyl (C=O) groups excluding carboxylic acids is 1. The molecule has 5 nitrogen and oxygen atoms in total. The summed E-state index contributed by atoms with van der Waals surface area (Å²) in [5.74, 6) is -0.101. The van der Waals surface area contributed by atoms with Crippen LogP contribution in [0.25, 0.3) is 0 Å². The van der Waals surface area contributed by atoms with E-state index in [0.717, 1.165) is 11.3 Å². The molecule has 2 rings (SSSR count). The number of anilines is 2. The van der Waals surface area contributed by atoms with Crippen molar-refractivity contribution in [1.29, 1.82) is 5.26 Å². The summed E-state index contributed by atoms with van der Waals surface area (Å²) in [6.07, 6.45) is 2.09. The van der Waals surface area contributed by atoms with Crippen molar-refractivity contribution in [3.8, 4) is 6.07 Å². The van der Waals surface area contributed by atoms with Crippen LogP contribution in [0.3, 0.4) is 0 Å². The minimum Gasteiger partial charge on any atom is -0.399 e. The molecule has 0 bridgehead atoms. The SMILES string of the molecule is Cc1ccc(N)cc1NC(=O)CCn1cccc1C#N. The molecule has 1 heterocycles. The lowest BCUT2D eigenvalue weighted by Crippen LogP contribution is -2.15. The Bertz CT molecular complexity index is 667. The summed E-state index contributed by atoms with van der Waals surface area (Å²) < 4.78 is 1.76. The van der Waals surface area contributed by atoms with Crippen molar-refractivity contribution in [1.82, 2.24) is 4.57 Å². The van der Waals surface area contributed by atoms with Crippen LogP contribution in [0.2, 0.25) is 0 Å². The lowest BCUT2D eigenvalue weighted by molar-refractivity contribution is -0.116. The van der Waals surface area contributed by atoms with E-state index in [2.05, 4.69) is 11.4 Å². The number of aromatic nitrogens is 1. The summed E-state index contributed by atoms with van der Waals surface area (Å²) in [6.45, 7) is 2.39. The van der Waals surface area contributed by atoms with E-state index in [4.69, 9.17) is 11.0 Å². The largest absolute Gasteiger partial charge is 0.399 e. The fourth-order valence-corrected chi connectivity index (χ4v) is 1.92. The van der Waals surface area contributed by atoms with Crippen LogP contribution < -0.4 is 11.1 Å². The third-order valence-electron chi connectivity index (χ3n) is 3.06. The Morgan fingerprint density at radius 2 is 2.25 bits per heavy atom. The van der Waals surface area contributed by atoms with Gasteiger partial charge in [0.1, 0.15) is 11.8 Å². The molecule has 0 saturated carbocycles. The zero-order valence-corrected chi connectivity index (χ0v) is 11.3. The molecule has 0 radical (unpaired) electrons. The van der Waals surface area contributed by atoms with Crippen LogP contribution >= 0.6 is 0 Å². The first-order valence-electron chi connectivity index (χ1n) is 6.31. The molecule has 1 aromatic carbocycles. The second-order valence-corrected chi connectivity index (χ2v) is 4.57. The maximum Gasteiger partial charge on any atom is 0.226 e. The third-order valence-corrected chi connectivity index (χ3v) is 3.06. The van der Waals surface area contributed by atoms with E-state index < -0.39 is 0 Å². The third kappa shape index (κ3) is 3.18. The second kappa shape index (κ2) is 5.93. The topological polar surface area (TPSA) is 83.8 Å². The smallest absolute Gasteiger partial charge is 0.226 e. The van der Waals surface area contributed by atoms with Gasteiger partial charge in [-0.15, -0.1) is 0 Å². The minimum atomic E-state index is -0.101. The number of aryl methyl sites for hydroxylation is 2. The van der Waals surface area contributed by atoms with Gasteiger partial charge in [0.15, 0.2) is 0 Å². The van der Waals surface area contributed by atoms with E-state index in [9.17, 15) is 4.79 Å². The van der Waals surface area contributed by atoms with Gasteiger partial charge in [0.25, 0.3) is 0 Å². The van der Waals surface area contributed by atoms with Crippen molar-refractivity contribution in [3.05, 3.63) is 47.8 Å². The highest BCUT2D eigenvalue weighted by molar-refractivity contribution is 5.91. The van der Waals surface area contributed by atoms with Crippen molar-refractivity contribution in [2.45, 2.75) is 19.9 Å². The lowest BCUT2D eigenvalue weighted by Gasteiger charge is -2.10. The molecule has 20 heavy (non-hydrogen) atoms. The van der Waals surface area contributed by atoms with Crippen LogP contribution in [-0.2, 0) is 11.3 Å². The number of benzene rings is 1. The zero-order valence-electron chi connectivity index (χ0n) is 11.3. The first-order valence-corrected chi connectivity index (χ1v) is 6.31. The summed E-state index contributed by atoms with van der Waals surface area (Å²) >= 11 is 0. The molecule has 1 amide bonds. The average Bonchev–Trinajstić information content (AvgIpc) is 2.88. The van der Waals surface area contributed by atoms with Gasteiger partial charge in [0.2, 0.25) is 5.91 Å². The van der Waals surface area contributed by atoms with Gasteiger partial charge in [0.05, 0.1) is 0 Å². The van der Waals surface area contributed by atoms with Crippen molar-refractivity contribution in [2.75, 3.05) is 11.1 Å². The number of rotatable bonds is 4. The van der Waals surface area contributed by atoms with Crippen LogP contribution in [0.5, 0.6) is 0 Å². The quantitative estimate of drug-likeness (QED) is 0.834. The summed E-state index contributed by atoms with van der Waals surface area (Å²) in [6, 6.07) is 11.0. The zero-order chi connectivity index (χ0) is 14.5. The summed E-state index contributed by atoms with van der Waals surface area (Å²) in [7, 11) is 0.